The highest BCUT2D eigenvalue weighted by Crippen LogP contribution is 2.57. The molecular formula is C21H20O6. The molecule has 6 rings (SSSR count). The van der Waals surface area contributed by atoms with E-state index in [9.17, 15) is 5.11 Å². The van der Waals surface area contributed by atoms with E-state index in [0.29, 0.717) is 23.9 Å². The Bertz CT molecular complexity index is 979. The van der Waals surface area contributed by atoms with E-state index in [-0.39, 0.29) is 30.2 Å². The molecule has 4 aliphatic rings. The first-order valence-corrected chi connectivity index (χ1v) is 9.31. The van der Waals surface area contributed by atoms with E-state index in [1.165, 1.54) is 0 Å². The van der Waals surface area contributed by atoms with E-state index in [1.807, 2.05) is 26.0 Å². The minimum absolute atomic E-state index is 0.0746. The van der Waals surface area contributed by atoms with Crippen LogP contribution in [0.15, 0.2) is 18.2 Å². The van der Waals surface area contributed by atoms with Crippen LogP contribution in [-0.4, -0.2) is 24.1 Å². The zero-order valence-corrected chi connectivity index (χ0v) is 15.2. The summed E-state index contributed by atoms with van der Waals surface area (Å²) in [6.45, 7) is 4.82. The minimum atomic E-state index is -0.303. The molecule has 0 fully saturated rings. The van der Waals surface area contributed by atoms with E-state index >= 15 is 0 Å². The van der Waals surface area contributed by atoms with Crippen molar-refractivity contribution in [1.82, 2.24) is 0 Å². The Hall–Kier alpha value is -2.76. The van der Waals surface area contributed by atoms with Gasteiger partial charge in [0.05, 0.1) is 12.5 Å². The van der Waals surface area contributed by atoms with Gasteiger partial charge < -0.3 is 28.8 Å². The summed E-state index contributed by atoms with van der Waals surface area (Å²) in [6.07, 6.45) is 1.52. The average molecular weight is 368 g/mol. The number of aromatic hydroxyl groups is 1. The van der Waals surface area contributed by atoms with Gasteiger partial charge in [0.1, 0.15) is 23.2 Å². The van der Waals surface area contributed by atoms with Gasteiger partial charge in [-0.15, -0.1) is 0 Å². The molecule has 0 amide bonds. The molecule has 140 valence electrons. The lowest BCUT2D eigenvalue weighted by Gasteiger charge is -2.37. The van der Waals surface area contributed by atoms with Crippen molar-refractivity contribution < 1.29 is 28.8 Å². The number of phenolic OH excluding ortho intramolecular Hbond substituents is 1. The highest BCUT2D eigenvalue weighted by molar-refractivity contribution is 5.63. The third kappa shape index (κ3) is 2.07. The fraction of sp³-hybridized carbons (Fsp3) is 0.429. The lowest BCUT2D eigenvalue weighted by Crippen LogP contribution is -2.34. The molecule has 2 unspecified atom stereocenters. The topological polar surface area (TPSA) is 66.4 Å². The molecule has 0 spiro atoms. The van der Waals surface area contributed by atoms with E-state index < -0.39 is 0 Å². The molecule has 27 heavy (non-hydrogen) atoms. The SMILES string of the molecule is CC1(C)CCc2c(c(O)cc3c2C2Oc4cc5c(cc4C2CO3)OCO5)O1. The van der Waals surface area contributed by atoms with Crippen molar-refractivity contribution >= 4 is 0 Å². The fourth-order valence-electron chi connectivity index (χ4n) is 4.57. The van der Waals surface area contributed by atoms with Gasteiger partial charge in [-0.25, -0.2) is 0 Å². The van der Waals surface area contributed by atoms with Crippen LogP contribution in [0.5, 0.6) is 34.5 Å². The Kier molecular flexibility index (Phi) is 2.80. The van der Waals surface area contributed by atoms with Crippen molar-refractivity contribution in [2.75, 3.05) is 13.4 Å². The molecule has 4 heterocycles. The Labute approximate surface area is 156 Å². The van der Waals surface area contributed by atoms with Gasteiger partial charge in [-0.3, -0.25) is 0 Å². The van der Waals surface area contributed by atoms with Crippen molar-refractivity contribution in [3.63, 3.8) is 0 Å². The zero-order chi connectivity index (χ0) is 18.3. The highest BCUT2D eigenvalue weighted by atomic mass is 16.7. The van der Waals surface area contributed by atoms with Crippen LogP contribution in [0.4, 0.5) is 0 Å². The molecule has 2 atom stereocenters. The standard InChI is InChI=1S/C21H20O6/c1-21(2)4-3-10-18-17(6-13(22)19(10)27-21)23-8-12-11-5-15-16(25-9-24-15)7-14(11)26-20(12)18/h5-7,12,20,22H,3-4,8-9H2,1-2H3. The van der Waals surface area contributed by atoms with Crippen LogP contribution < -0.4 is 23.7 Å². The van der Waals surface area contributed by atoms with Crippen LogP contribution in [0, 0.1) is 0 Å². The molecule has 0 aliphatic carbocycles. The first-order valence-electron chi connectivity index (χ1n) is 9.31. The Morgan fingerprint density at radius 2 is 1.81 bits per heavy atom. The van der Waals surface area contributed by atoms with E-state index in [1.54, 1.807) is 6.07 Å². The van der Waals surface area contributed by atoms with Crippen LogP contribution in [0.2, 0.25) is 0 Å². The smallest absolute Gasteiger partial charge is 0.231 e. The van der Waals surface area contributed by atoms with E-state index in [0.717, 1.165) is 41.0 Å². The van der Waals surface area contributed by atoms with Crippen molar-refractivity contribution in [2.24, 2.45) is 0 Å². The first-order chi connectivity index (χ1) is 13.0. The normalized spacial score (nSPS) is 25.3. The minimum Gasteiger partial charge on any atom is -0.504 e. The van der Waals surface area contributed by atoms with Gasteiger partial charge in [0.25, 0.3) is 0 Å². The molecule has 6 nitrogen and oxygen atoms in total. The maximum Gasteiger partial charge on any atom is 0.231 e. The molecule has 0 saturated heterocycles. The number of benzene rings is 2. The molecule has 0 aromatic heterocycles. The molecule has 0 radical (unpaired) electrons. The Morgan fingerprint density at radius 3 is 2.67 bits per heavy atom. The fourth-order valence-corrected chi connectivity index (χ4v) is 4.57. The van der Waals surface area contributed by atoms with Gasteiger partial charge in [-0.2, -0.15) is 0 Å². The Morgan fingerprint density at radius 1 is 1.00 bits per heavy atom. The molecule has 2 aromatic rings. The predicted octanol–water partition coefficient (Wildman–Crippen LogP) is 3.83. The first kappa shape index (κ1) is 15.3. The van der Waals surface area contributed by atoms with Gasteiger partial charge in [-0.05, 0) is 32.8 Å². The summed E-state index contributed by atoms with van der Waals surface area (Å²) in [5, 5.41) is 10.5. The summed E-state index contributed by atoms with van der Waals surface area (Å²) in [7, 11) is 0. The third-order valence-corrected chi connectivity index (χ3v) is 5.95. The van der Waals surface area contributed by atoms with Crippen molar-refractivity contribution in [3.8, 4) is 34.5 Å². The number of rotatable bonds is 0. The second-order valence-electron chi connectivity index (χ2n) is 8.18. The number of hydrogen-bond acceptors (Lipinski definition) is 6. The quantitative estimate of drug-likeness (QED) is 0.762. The van der Waals surface area contributed by atoms with Gasteiger partial charge in [-0.1, -0.05) is 0 Å². The summed E-state index contributed by atoms with van der Waals surface area (Å²) in [5.74, 6) is 3.72. The second-order valence-corrected chi connectivity index (χ2v) is 8.18. The molecule has 0 saturated carbocycles. The summed E-state index contributed by atoms with van der Waals surface area (Å²) < 4.78 is 29.5. The largest absolute Gasteiger partial charge is 0.504 e. The monoisotopic (exact) mass is 368 g/mol. The zero-order valence-electron chi connectivity index (χ0n) is 15.2. The van der Waals surface area contributed by atoms with Gasteiger partial charge in [0.15, 0.2) is 23.0 Å². The number of ether oxygens (including phenoxy) is 5. The molecule has 0 bridgehead atoms. The van der Waals surface area contributed by atoms with Crippen LogP contribution >= 0.6 is 0 Å². The maximum atomic E-state index is 10.5. The third-order valence-electron chi connectivity index (χ3n) is 5.95. The van der Waals surface area contributed by atoms with Crippen LogP contribution in [0.3, 0.4) is 0 Å². The van der Waals surface area contributed by atoms with Crippen LogP contribution in [-0.2, 0) is 6.42 Å². The Balaban J connectivity index is 1.48. The van der Waals surface area contributed by atoms with Crippen molar-refractivity contribution in [1.29, 1.82) is 0 Å². The molecule has 2 aromatic carbocycles. The predicted molar refractivity (Wildman–Crippen MR) is 95.3 cm³/mol. The summed E-state index contributed by atoms with van der Waals surface area (Å²) in [5.41, 5.74) is 2.76. The van der Waals surface area contributed by atoms with Crippen LogP contribution in [0.1, 0.15) is 49.0 Å². The molecular weight excluding hydrogens is 348 g/mol. The van der Waals surface area contributed by atoms with Crippen LogP contribution in [0.25, 0.3) is 0 Å². The molecule has 6 heteroatoms. The average Bonchev–Trinajstić information content (AvgIpc) is 3.22. The lowest BCUT2D eigenvalue weighted by atomic mass is 9.83. The summed E-state index contributed by atoms with van der Waals surface area (Å²) in [6, 6.07) is 5.57. The summed E-state index contributed by atoms with van der Waals surface area (Å²) >= 11 is 0. The molecule has 4 aliphatic heterocycles. The lowest BCUT2D eigenvalue weighted by molar-refractivity contribution is 0.0759. The number of phenols is 1. The second kappa shape index (κ2) is 4.94. The van der Waals surface area contributed by atoms with Gasteiger partial charge in [0, 0.05) is 28.8 Å². The van der Waals surface area contributed by atoms with Gasteiger partial charge in [0.2, 0.25) is 6.79 Å². The number of fused-ring (bicyclic) bond motifs is 8. The summed E-state index contributed by atoms with van der Waals surface area (Å²) in [4.78, 5) is 0. The van der Waals surface area contributed by atoms with Gasteiger partial charge >= 0.3 is 0 Å². The van der Waals surface area contributed by atoms with Crippen molar-refractivity contribution in [3.05, 3.63) is 34.9 Å². The van der Waals surface area contributed by atoms with Crippen molar-refractivity contribution in [2.45, 2.75) is 44.3 Å². The number of hydrogen-bond donors (Lipinski definition) is 1. The van der Waals surface area contributed by atoms with E-state index in [4.69, 9.17) is 23.7 Å². The highest BCUT2D eigenvalue weighted by Gasteiger charge is 2.45. The maximum absolute atomic E-state index is 10.5. The molecule has 1 N–H and O–H groups in total. The van der Waals surface area contributed by atoms with E-state index in [2.05, 4.69) is 0 Å².